The summed E-state index contributed by atoms with van der Waals surface area (Å²) >= 11 is 12.2. The van der Waals surface area contributed by atoms with Crippen molar-refractivity contribution in [2.75, 3.05) is 20.2 Å². The first-order valence-corrected chi connectivity index (χ1v) is 13.0. The molecule has 36 heavy (non-hydrogen) atoms. The highest BCUT2D eigenvalue weighted by atomic mass is 35.5. The van der Waals surface area contributed by atoms with Gasteiger partial charge >= 0.3 is 0 Å². The molecule has 8 heteroatoms. The minimum atomic E-state index is -0.0777. The largest absolute Gasteiger partial charge is 0.497 e. The van der Waals surface area contributed by atoms with E-state index in [0.717, 1.165) is 53.5 Å². The van der Waals surface area contributed by atoms with Crippen molar-refractivity contribution in [1.82, 2.24) is 15.1 Å². The molecule has 0 aliphatic carbocycles. The Kier molecular flexibility index (Phi) is 8.27. The van der Waals surface area contributed by atoms with Crippen molar-refractivity contribution in [2.24, 2.45) is 4.99 Å². The SMILES string of the molecule is C=C1C2=C(CN(C(=O)c3ccc(Cl)c(Cl)c3)CC2)NC(=NCc2ccc(OC)cc2)N1C(C)CCC. The molecule has 4 rings (SSSR count). The van der Waals surface area contributed by atoms with Crippen LogP contribution >= 0.6 is 23.2 Å². The zero-order valence-electron chi connectivity index (χ0n) is 21.0. The molecule has 2 aromatic carbocycles. The van der Waals surface area contributed by atoms with Gasteiger partial charge in [0.2, 0.25) is 5.96 Å². The third-order valence-corrected chi connectivity index (χ3v) is 7.39. The van der Waals surface area contributed by atoms with Gasteiger partial charge in [0.05, 0.1) is 30.2 Å². The summed E-state index contributed by atoms with van der Waals surface area (Å²) in [5, 5.41) is 4.36. The molecule has 190 valence electrons. The van der Waals surface area contributed by atoms with Crippen molar-refractivity contribution in [3.05, 3.63) is 87.2 Å². The van der Waals surface area contributed by atoms with Gasteiger partial charge in [-0.1, -0.05) is 55.3 Å². The maximum Gasteiger partial charge on any atom is 0.254 e. The van der Waals surface area contributed by atoms with E-state index in [0.29, 0.717) is 35.2 Å². The number of nitrogens with one attached hydrogen (secondary N) is 1. The molecule has 0 spiro atoms. The Morgan fingerprint density at radius 2 is 1.94 bits per heavy atom. The van der Waals surface area contributed by atoms with Gasteiger partial charge in [-0.2, -0.15) is 0 Å². The van der Waals surface area contributed by atoms with Gasteiger partial charge < -0.3 is 19.9 Å². The second-order valence-corrected chi connectivity index (χ2v) is 9.94. The highest BCUT2D eigenvalue weighted by Crippen LogP contribution is 2.32. The molecule has 6 nitrogen and oxygen atoms in total. The minimum absolute atomic E-state index is 0.0777. The van der Waals surface area contributed by atoms with Gasteiger partial charge in [0.1, 0.15) is 5.75 Å². The Morgan fingerprint density at radius 3 is 2.61 bits per heavy atom. The van der Waals surface area contributed by atoms with E-state index in [1.165, 1.54) is 0 Å². The average molecular weight is 527 g/mol. The first kappa shape index (κ1) is 26.1. The lowest BCUT2D eigenvalue weighted by Gasteiger charge is -2.43. The number of ether oxygens (including phenoxy) is 1. The predicted octanol–water partition coefficient (Wildman–Crippen LogP) is 6.27. The van der Waals surface area contributed by atoms with Crippen LogP contribution in [0.25, 0.3) is 0 Å². The number of benzene rings is 2. The average Bonchev–Trinajstić information content (AvgIpc) is 2.88. The van der Waals surface area contributed by atoms with Gasteiger partial charge in [-0.05, 0) is 61.2 Å². The van der Waals surface area contributed by atoms with E-state index < -0.39 is 0 Å². The number of hydrogen-bond donors (Lipinski definition) is 1. The van der Waals surface area contributed by atoms with E-state index in [1.807, 2.05) is 29.2 Å². The van der Waals surface area contributed by atoms with Gasteiger partial charge in [0, 0.05) is 29.5 Å². The molecular weight excluding hydrogens is 495 g/mol. The molecule has 1 unspecified atom stereocenters. The Morgan fingerprint density at radius 1 is 1.19 bits per heavy atom. The molecule has 2 aliphatic rings. The normalized spacial score (nSPS) is 17.7. The number of aliphatic imine (C=N–C) groups is 1. The lowest BCUT2D eigenvalue weighted by atomic mass is 9.97. The first-order chi connectivity index (χ1) is 17.3. The van der Waals surface area contributed by atoms with Crippen LogP contribution in [-0.2, 0) is 6.54 Å². The lowest BCUT2D eigenvalue weighted by molar-refractivity contribution is 0.0759. The number of guanidine groups is 1. The molecule has 0 saturated heterocycles. The lowest BCUT2D eigenvalue weighted by Crippen LogP contribution is -2.53. The Balaban J connectivity index is 1.59. The van der Waals surface area contributed by atoms with E-state index in [1.54, 1.807) is 25.3 Å². The minimum Gasteiger partial charge on any atom is -0.497 e. The summed E-state index contributed by atoms with van der Waals surface area (Å²) in [4.78, 5) is 22.2. The zero-order valence-corrected chi connectivity index (χ0v) is 22.5. The van der Waals surface area contributed by atoms with E-state index in [9.17, 15) is 4.79 Å². The van der Waals surface area contributed by atoms with Crippen LogP contribution in [0.1, 0.15) is 49.0 Å². The van der Waals surface area contributed by atoms with Crippen LogP contribution < -0.4 is 10.1 Å². The molecule has 1 atom stereocenters. The third-order valence-electron chi connectivity index (χ3n) is 6.65. The molecule has 0 fully saturated rings. The monoisotopic (exact) mass is 526 g/mol. The number of nitrogens with zero attached hydrogens (tertiary/aromatic N) is 3. The molecule has 0 aromatic heterocycles. The molecule has 0 radical (unpaired) electrons. The van der Waals surface area contributed by atoms with E-state index in [2.05, 4.69) is 30.6 Å². The Labute approximate surface area is 223 Å². The number of halogens is 2. The summed E-state index contributed by atoms with van der Waals surface area (Å²) in [6.07, 6.45) is 2.80. The summed E-state index contributed by atoms with van der Waals surface area (Å²) in [5.41, 5.74) is 4.68. The van der Waals surface area contributed by atoms with Crippen molar-refractivity contribution in [3.8, 4) is 5.75 Å². The molecule has 1 N–H and O–H groups in total. The molecule has 0 bridgehead atoms. The second kappa shape index (κ2) is 11.4. The fourth-order valence-corrected chi connectivity index (χ4v) is 4.98. The van der Waals surface area contributed by atoms with Crippen LogP contribution in [-0.4, -0.2) is 47.9 Å². The summed E-state index contributed by atoms with van der Waals surface area (Å²) in [5.74, 6) is 1.50. The maximum atomic E-state index is 13.2. The van der Waals surface area contributed by atoms with Crippen LogP contribution in [0.3, 0.4) is 0 Å². The summed E-state index contributed by atoms with van der Waals surface area (Å²) in [6.45, 7) is 10.4. The molecule has 2 heterocycles. The summed E-state index contributed by atoms with van der Waals surface area (Å²) in [6, 6.07) is 13.1. The fraction of sp³-hybridized carbons (Fsp3) is 0.357. The highest BCUT2D eigenvalue weighted by molar-refractivity contribution is 6.42. The van der Waals surface area contributed by atoms with Gasteiger partial charge in [0.25, 0.3) is 5.91 Å². The van der Waals surface area contributed by atoms with Gasteiger partial charge in [0.15, 0.2) is 0 Å². The van der Waals surface area contributed by atoms with Crippen molar-refractivity contribution in [1.29, 1.82) is 0 Å². The van der Waals surface area contributed by atoms with E-state index in [4.69, 9.17) is 32.9 Å². The van der Waals surface area contributed by atoms with Gasteiger partial charge in [-0.3, -0.25) is 4.79 Å². The molecule has 2 aliphatic heterocycles. The first-order valence-electron chi connectivity index (χ1n) is 12.2. The smallest absolute Gasteiger partial charge is 0.254 e. The standard InChI is InChI=1S/C28H32Cl2N4O2/c1-5-6-18(2)34-19(3)23-13-14-33(27(35)21-9-12-24(29)25(30)15-21)17-26(23)32-28(34)31-16-20-7-10-22(36-4)11-8-20/h7-12,15,18H,3,5-6,13-14,16-17H2,1-2,4H3,(H,31,32). The van der Waals surface area contributed by atoms with Crippen LogP contribution in [0.4, 0.5) is 0 Å². The van der Waals surface area contributed by atoms with Crippen molar-refractivity contribution < 1.29 is 9.53 Å². The second-order valence-electron chi connectivity index (χ2n) is 9.13. The highest BCUT2D eigenvalue weighted by Gasteiger charge is 2.34. The van der Waals surface area contributed by atoms with Crippen LogP contribution in [0.15, 0.2) is 71.0 Å². The van der Waals surface area contributed by atoms with Crippen molar-refractivity contribution >= 4 is 35.1 Å². The number of carbonyl (C=O) groups excluding carboxylic acids is 1. The van der Waals surface area contributed by atoms with Crippen molar-refractivity contribution in [2.45, 2.75) is 45.7 Å². The fourth-order valence-electron chi connectivity index (χ4n) is 4.68. The molecule has 2 aromatic rings. The number of hydrogen-bond acceptors (Lipinski definition) is 3. The molecular formula is C28H32Cl2N4O2. The number of amides is 1. The Hall–Kier alpha value is -2.96. The predicted molar refractivity (Wildman–Crippen MR) is 147 cm³/mol. The summed E-state index contributed by atoms with van der Waals surface area (Å²) in [7, 11) is 1.66. The third kappa shape index (κ3) is 5.55. The number of methoxy groups -OCH3 is 1. The number of rotatable bonds is 7. The van der Waals surface area contributed by atoms with Crippen LogP contribution in [0, 0.1) is 0 Å². The Bertz CT molecular complexity index is 1210. The molecule has 0 saturated carbocycles. The number of allylic oxidation sites excluding steroid dienone is 1. The van der Waals surface area contributed by atoms with E-state index in [-0.39, 0.29) is 11.9 Å². The van der Waals surface area contributed by atoms with E-state index >= 15 is 0 Å². The van der Waals surface area contributed by atoms with Gasteiger partial charge in [-0.15, -0.1) is 0 Å². The van der Waals surface area contributed by atoms with Crippen LogP contribution in [0.5, 0.6) is 5.75 Å². The summed E-state index contributed by atoms with van der Waals surface area (Å²) < 4.78 is 5.27. The molecule has 1 amide bonds. The zero-order chi connectivity index (χ0) is 25.8. The number of carbonyl (C=O) groups is 1. The topological polar surface area (TPSA) is 57.2 Å². The maximum absolute atomic E-state index is 13.2. The van der Waals surface area contributed by atoms with Crippen LogP contribution in [0.2, 0.25) is 10.0 Å². The van der Waals surface area contributed by atoms with Gasteiger partial charge in [-0.25, -0.2) is 4.99 Å². The quantitative estimate of drug-likeness (QED) is 0.462. The van der Waals surface area contributed by atoms with Crippen molar-refractivity contribution in [3.63, 3.8) is 0 Å².